The van der Waals surface area contributed by atoms with E-state index in [2.05, 4.69) is 61.4 Å². The molecular formula is C20H35IN8S. The van der Waals surface area contributed by atoms with Crippen molar-refractivity contribution >= 4 is 41.3 Å². The largest absolute Gasteiger partial charge is 0.357 e. The number of aryl methyl sites for hydroxylation is 2. The van der Waals surface area contributed by atoms with Crippen molar-refractivity contribution in [3.05, 3.63) is 28.2 Å². The molecule has 0 atom stereocenters. The van der Waals surface area contributed by atoms with Crippen LogP contribution in [0.1, 0.15) is 43.2 Å². The van der Waals surface area contributed by atoms with E-state index >= 15 is 0 Å². The van der Waals surface area contributed by atoms with Gasteiger partial charge in [0.25, 0.3) is 0 Å². The monoisotopic (exact) mass is 546 g/mol. The van der Waals surface area contributed by atoms with Crippen LogP contribution in [0.4, 0.5) is 0 Å². The first-order chi connectivity index (χ1) is 14.2. The maximum absolute atomic E-state index is 4.84. The summed E-state index contributed by atoms with van der Waals surface area (Å²) in [4.78, 5) is 11.9. The molecule has 2 N–H and O–H groups in total. The van der Waals surface area contributed by atoms with E-state index in [1.807, 2.05) is 0 Å². The van der Waals surface area contributed by atoms with E-state index in [-0.39, 0.29) is 24.0 Å². The van der Waals surface area contributed by atoms with Crippen LogP contribution < -0.4 is 10.6 Å². The molecule has 1 fully saturated rings. The summed E-state index contributed by atoms with van der Waals surface area (Å²) in [5.74, 6) is 2.58. The fraction of sp³-hybridized carbons (Fsp3) is 0.700. The number of piperidine rings is 1. The molecule has 10 heteroatoms. The van der Waals surface area contributed by atoms with Crippen LogP contribution in [0, 0.1) is 12.8 Å². The van der Waals surface area contributed by atoms with Crippen LogP contribution in [0.25, 0.3) is 0 Å². The zero-order valence-corrected chi connectivity index (χ0v) is 21.4. The van der Waals surface area contributed by atoms with Crippen LogP contribution in [0.15, 0.2) is 16.7 Å². The molecule has 0 aliphatic carbocycles. The number of rotatable bonds is 9. The summed E-state index contributed by atoms with van der Waals surface area (Å²) in [5.41, 5.74) is 1.21. The lowest BCUT2D eigenvalue weighted by Gasteiger charge is -2.30. The normalized spacial score (nSPS) is 15.8. The summed E-state index contributed by atoms with van der Waals surface area (Å²) in [6, 6.07) is 0. The Morgan fingerprint density at radius 3 is 2.73 bits per heavy atom. The number of aliphatic imine (C=N–C) groups is 1. The highest BCUT2D eigenvalue weighted by Gasteiger charge is 2.19. The molecule has 0 aromatic carbocycles. The van der Waals surface area contributed by atoms with E-state index < -0.39 is 0 Å². The Bertz CT molecular complexity index is 766. The molecule has 30 heavy (non-hydrogen) atoms. The number of nitrogens with one attached hydrogen (secondary N) is 2. The van der Waals surface area contributed by atoms with E-state index in [1.165, 1.54) is 18.5 Å². The summed E-state index contributed by atoms with van der Waals surface area (Å²) in [5, 5.41) is 18.3. The molecule has 0 unspecified atom stereocenters. The van der Waals surface area contributed by atoms with Gasteiger partial charge in [-0.1, -0.05) is 6.92 Å². The second kappa shape index (κ2) is 13.2. The number of nitrogens with zero attached hydrogens (tertiary/aromatic N) is 6. The highest BCUT2D eigenvalue weighted by atomic mass is 127. The van der Waals surface area contributed by atoms with E-state index in [4.69, 9.17) is 4.99 Å². The molecule has 0 amide bonds. The lowest BCUT2D eigenvalue weighted by atomic mass is 9.97. The van der Waals surface area contributed by atoms with Crippen molar-refractivity contribution in [1.82, 2.24) is 35.3 Å². The van der Waals surface area contributed by atoms with Crippen molar-refractivity contribution in [3.8, 4) is 0 Å². The van der Waals surface area contributed by atoms with E-state index in [0.29, 0.717) is 5.92 Å². The Morgan fingerprint density at radius 1 is 1.27 bits per heavy atom. The maximum Gasteiger partial charge on any atom is 0.191 e. The molecule has 1 aliphatic rings. The van der Waals surface area contributed by atoms with Crippen LogP contribution in [0.5, 0.6) is 0 Å². The number of likely N-dealkylation sites (tertiary alicyclic amines) is 1. The number of hydrogen-bond acceptors (Lipinski definition) is 6. The fourth-order valence-electron chi connectivity index (χ4n) is 3.63. The summed E-state index contributed by atoms with van der Waals surface area (Å²) < 4.78 is 2.09. The minimum Gasteiger partial charge on any atom is -0.357 e. The Hall–Kier alpha value is -1.27. The van der Waals surface area contributed by atoms with E-state index in [0.717, 1.165) is 69.0 Å². The van der Waals surface area contributed by atoms with Gasteiger partial charge < -0.3 is 15.2 Å². The van der Waals surface area contributed by atoms with Crippen LogP contribution in [-0.2, 0) is 19.5 Å². The number of guanidine groups is 1. The second-order valence-electron chi connectivity index (χ2n) is 7.52. The molecule has 0 saturated carbocycles. The Labute approximate surface area is 201 Å². The summed E-state index contributed by atoms with van der Waals surface area (Å²) in [6.45, 7) is 12.9. The molecule has 2 aromatic rings. The molecular weight excluding hydrogens is 511 g/mol. The average Bonchev–Trinajstić information content (AvgIpc) is 3.35. The number of halogens is 1. The lowest BCUT2D eigenvalue weighted by Crippen LogP contribution is -2.40. The Balaban J connectivity index is 0.00000320. The molecule has 8 nitrogen and oxygen atoms in total. The van der Waals surface area contributed by atoms with E-state index in [9.17, 15) is 0 Å². The van der Waals surface area contributed by atoms with Gasteiger partial charge in [0, 0.05) is 44.5 Å². The first-order valence-corrected chi connectivity index (χ1v) is 11.6. The quantitative estimate of drug-likeness (QED) is 0.286. The van der Waals surface area contributed by atoms with Crippen molar-refractivity contribution in [2.45, 2.75) is 53.1 Å². The number of hydrogen-bond donors (Lipinski definition) is 2. The van der Waals surface area contributed by atoms with Crippen molar-refractivity contribution < 1.29 is 0 Å². The van der Waals surface area contributed by atoms with Gasteiger partial charge in [0.05, 0.1) is 10.7 Å². The van der Waals surface area contributed by atoms with Crippen molar-refractivity contribution in [3.63, 3.8) is 0 Å². The number of thiazole rings is 1. The molecule has 0 spiro atoms. The van der Waals surface area contributed by atoms with Gasteiger partial charge in [-0.25, -0.2) is 4.98 Å². The third kappa shape index (κ3) is 7.77. The zero-order valence-electron chi connectivity index (χ0n) is 18.3. The third-order valence-electron chi connectivity index (χ3n) is 5.27. The summed E-state index contributed by atoms with van der Waals surface area (Å²) in [6.07, 6.45) is 5.10. The predicted octanol–water partition coefficient (Wildman–Crippen LogP) is 2.69. The van der Waals surface area contributed by atoms with Gasteiger partial charge in [-0.15, -0.1) is 45.5 Å². The lowest BCUT2D eigenvalue weighted by molar-refractivity contribution is 0.179. The van der Waals surface area contributed by atoms with Gasteiger partial charge in [0.15, 0.2) is 5.96 Å². The van der Waals surface area contributed by atoms with Crippen LogP contribution in [0.2, 0.25) is 0 Å². The van der Waals surface area contributed by atoms with Crippen molar-refractivity contribution in [1.29, 1.82) is 0 Å². The van der Waals surface area contributed by atoms with Crippen molar-refractivity contribution in [2.24, 2.45) is 10.9 Å². The van der Waals surface area contributed by atoms with E-state index in [1.54, 1.807) is 17.7 Å². The van der Waals surface area contributed by atoms with Crippen molar-refractivity contribution in [2.75, 3.05) is 32.7 Å². The van der Waals surface area contributed by atoms with Gasteiger partial charge in [0.2, 0.25) is 0 Å². The van der Waals surface area contributed by atoms with Crippen LogP contribution >= 0.6 is 35.3 Å². The second-order valence-corrected chi connectivity index (χ2v) is 8.58. The molecule has 0 radical (unpaired) electrons. The number of aromatic nitrogens is 4. The molecule has 1 saturated heterocycles. The molecule has 3 heterocycles. The third-order valence-corrected chi connectivity index (χ3v) is 6.09. The molecule has 3 rings (SSSR count). The topological polar surface area (TPSA) is 83.3 Å². The Morgan fingerprint density at radius 2 is 2.07 bits per heavy atom. The van der Waals surface area contributed by atoms with Gasteiger partial charge in [0.1, 0.15) is 12.2 Å². The maximum atomic E-state index is 4.84. The van der Waals surface area contributed by atoms with Gasteiger partial charge >= 0.3 is 0 Å². The fourth-order valence-corrected chi connectivity index (χ4v) is 4.24. The smallest absolute Gasteiger partial charge is 0.191 e. The predicted molar refractivity (Wildman–Crippen MR) is 134 cm³/mol. The minimum absolute atomic E-state index is 0. The highest BCUT2D eigenvalue weighted by molar-refractivity contribution is 14.0. The zero-order chi connectivity index (χ0) is 20.5. The van der Waals surface area contributed by atoms with Gasteiger partial charge in [-0.2, -0.15) is 0 Å². The summed E-state index contributed by atoms with van der Waals surface area (Å²) >= 11 is 1.74. The first kappa shape index (κ1) is 25.0. The molecule has 0 bridgehead atoms. The Kier molecular flexibility index (Phi) is 11.0. The standard InChI is InChI=1S/C20H34N8S.HI/c1-4-19-26-24-15-28(19)11-8-22-20(21-5-2)23-12-17-6-9-27(10-7-17)13-18-14-29-16(3)25-18;/h14-15,17H,4-13H2,1-3H3,(H2,21,22,23);1H. The summed E-state index contributed by atoms with van der Waals surface area (Å²) in [7, 11) is 0. The van der Waals surface area contributed by atoms with Gasteiger partial charge in [-0.05, 0) is 45.7 Å². The minimum atomic E-state index is 0. The van der Waals surface area contributed by atoms with Gasteiger partial charge in [-0.3, -0.25) is 9.89 Å². The van der Waals surface area contributed by atoms with Crippen LogP contribution in [0.3, 0.4) is 0 Å². The van der Waals surface area contributed by atoms with Crippen LogP contribution in [-0.4, -0.2) is 63.3 Å². The first-order valence-electron chi connectivity index (χ1n) is 10.7. The molecule has 2 aromatic heterocycles. The average molecular weight is 547 g/mol. The SMILES string of the molecule is CCNC(=NCC1CCN(Cc2csc(C)n2)CC1)NCCn1cnnc1CC.I. The molecule has 168 valence electrons. The molecule has 1 aliphatic heterocycles. The highest BCUT2D eigenvalue weighted by Crippen LogP contribution is 2.20.